The Labute approximate surface area is 146 Å². The number of rotatable bonds is 4. The number of aromatic amines is 1. The van der Waals surface area contributed by atoms with Crippen LogP contribution in [-0.2, 0) is 0 Å². The van der Waals surface area contributed by atoms with E-state index in [2.05, 4.69) is 29.2 Å². The lowest BCUT2D eigenvalue weighted by Gasteiger charge is -2.13. The number of fused-ring (bicyclic) bond motifs is 1. The number of H-pyrrole nitrogens is 1. The lowest BCUT2D eigenvalue weighted by Crippen LogP contribution is -1.98. The number of aliphatic imine (C=N–C) groups is 1. The lowest BCUT2D eigenvalue weighted by molar-refractivity contribution is 0.457. The molecule has 1 aromatic heterocycles. The number of para-hydroxylation sites is 1. The van der Waals surface area contributed by atoms with Crippen LogP contribution in [0.3, 0.4) is 0 Å². The average molecular weight is 326 g/mol. The Bertz CT molecular complexity index is 965. The molecule has 0 spiro atoms. The summed E-state index contributed by atoms with van der Waals surface area (Å²) in [5.74, 6) is 0.143. The van der Waals surface area contributed by atoms with E-state index in [1.807, 2.05) is 60.7 Å². The Kier molecular flexibility index (Phi) is 4.05. The molecule has 0 aliphatic carbocycles. The van der Waals surface area contributed by atoms with Gasteiger partial charge in [-0.2, -0.15) is 0 Å². The maximum Gasteiger partial charge on any atom is 0.198 e. The molecule has 1 heterocycles. The molecule has 0 saturated carbocycles. The zero-order valence-electron chi connectivity index (χ0n) is 13.6. The molecule has 0 radical (unpaired) electrons. The van der Waals surface area contributed by atoms with Crippen LogP contribution in [0.25, 0.3) is 10.9 Å². The van der Waals surface area contributed by atoms with Crippen molar-refractivity contribution in [2.24, 2.45) is 4.99 Å². The molecule has 0 aliphatic rings. The second kappa shape index (κ2) is 6.65. The summed E-state index contributed by atoms with van der Waals surface area (Å²) < 4.78 is 0. The van der Waals surface area contributed by atoms with E-state index in [9.17, 15) is 5.11 Å². The van der Waals surface area contributed by atoms with Gasteiger partial charge >= 0.3 is 0 Å². The van der Waals surface area contributed by atoms with E-state index in [1.54, 1.807) is 6.21 Å². The van der Waals surface area contributed by atoms with Crippen molar-refractivity contribution in [3.05, 3.63) is 102 Å². The van der Waals surface area contributed by atoms with E-state index in [4.69, 9.17) is 4.99 Å². The van der Waals surface area contributed by atoms with Crippen LogP contribution < -0.4 is 0 Å². The first-order chi connectivity index (χ1) is 12.3. The summed E-state index contributed by atoms with van der Waals surface area (Å²) in [6.45, 7) is 0. The molecule has 4 rings (SSSR count). The topological polar surface area (TPSA) is 48.4 Å². The van der Waals surface area contributed by atoms with Crippen molar-refractivity contribution >= 4 is 17.1 Å². The normalized spacial score (nSPS) is 11.6. The SMILES string of the molecule is Oc1[nH]c2ccccc2c1C=NC(c1ccccc1)c1ccccc1. The summed E-state index contributed by atoms with van der Waals surface area (Å²) in [5, 5.41) is 11.2. The van der Waals surface area contributed by atoms with Crippen molar-refractivity contribution in [2.75, 3.05) is 0 Å². The Hall–Kier alpha value is -3.33. The van der Waals surface area contributed by atoms with Crippen molar-refractivity contribution in [3.63, 3.8) is 0 Å². The highest BCUT2D eigenvalue weighted by molar-refractivity contribution is 6.02. The van der Waals surface area contributed by atoms with Crippen LogP contribution in [-0.4, -0.2) is 16.3 Å². The van der Waals surface area contributed by atoms with Gasteiger partial charge in [-0.25, -0.2) is 0 Å². The molecular weight excluding hydrogens is 308 g/mol. The van der Waals surface area contributed by atoms with Crippen LogP contribution >= 0.6 is 0 Å². The van der Waals surface area contributed by atoms with Crippen molar-refractivity contribution in [2.45, 2.75) is 6.04 Å². The minimum absolute atomic E-state index is 0.115. The second-order valence-electron chi connectivity index (χ2n) is 5.93. The molecule has 0 unspecified atom stereocenters. The quantitative estimate of drug-likeness (QED) is 0.505. The van der Waals surface area contributed by atoms with E-state index in [-0.39, 0.29) is 11.9 Å². The Morgan fingerprint density at radius 3 is 1.96 bits per heavy atom. The predicted octanol–water partition coefficient (Wildman–Crippen LogP) is 5.08. The third-order valence-corrected chi connectivity index (χ3v) is 4.31. The molecule has 25 heavy (non-hydrogen) atoms. The fraction of sp³-hybridized carbons (Fsp3) is 0.0455. The van der Waals surface area contributed by atoms with Gasteiger partial charge in [0.05, 0.1) is 11.6 Å². The second-order valence-corrected chi connectivity index (χ2v) is 5.93. The van der Waals surface area contributed by atoms with Crippen LogP contribution in [0.1, 0.15) is 22.7 Å². The standard InChI is InChI=1S/C22H18N2O/c25-22-19(18-13-7-8-14-20(18)24-22)15-23-21(16-9-3-1-4-10-16)17-11-5-2-6-12-17/h1-15,21,24-25H. The molecule has 3 heteroatoms. The Morgan fingerprint density at radius 2 is 1.32 bits per heavy atom. The number of nitrogens with one attached hydrogen (secondary N) is 1. The summed E-state index contributed by atoms with van der Waals surface area (Å²) in [7, 11) is 0. The zero-order chi connectivity index (χ0) is 17.1. The van der Waals surface area contributed by atoms with Crippen LogP contribution in [0.15, 0.2) is 89.9 Å². The molecule has 3 nitrogen and oxygen atoms in total. The predicted molar refractivity (Wildman–Crippen MR) is 102 cm³/mol. The van der Waals surface area contributed by atoms with Gasteiger partial charge in [0, 0.05) is 17.1 Å². The summed E-state index contributed by atoms with van der Waals surface area (Å²) >= 11 is 0. The maximum atomic E-state index is 10.2. The van der Waals surface area contributed by atoms with Crippen LogP contribution in [0.5, 0.6) is 5.88 Å². The number of benzene rings is 3. The van der Waals surface area contributed by atoms with Gasteiger partial charge in [0.25, 0.3) is 0 Å². The highest BCUT2D eigenvalue weighted by Crippen LogP contribution is 2.29. The van der Waals surface area contributed by atoms with E-state index < -0.39 is 0 Å². The van der Waals surface area contributed by atoms with Crippen molar-refractivity contribution in [1.29, 1.82) is 0 Å². The molecule has 0 aliphatic heterocycles. The third kappa shape index (κ3) is 3.04. The number of nitrogens with zero attached hydrogens (tertiary/aromatic N) is 1. The zero-order valence-corrected chi connectivity index (χ0v) is 13.6. The summed E-state index contributed by atoms with van der Waals surface area (Å²) in [6, 6.07) is 28.1. The lowest BCUT2D eigenvalue weighted by atomic mass is 9.99. The first-order valence-corrected chi connectivity index (χ1v) is 8.25. The highest BCUT2D eigenvalue weighted by atomic mass is 16.3. The van der Waals surface area contributed by atoms with E-state index in [0.29, 0.717) is 5.56 Å². The number of aromatic hydroxyl groups is 1. The molecule has 0 fully saturated rings. The van der Waals surface area contributed by atoms with Gasteiger partial charge in [-0.1, -0.05) is 78.9 Å². The summed E-state index contributed by atoms with van der Waals surface area (Å²) in [4.78, 5) is 7.81. The summed E-state index contributed by atoms with van der Waals surface area (Å²) in [6.07, 6.45) is 1.76. The molecule has 122 valence electrons. The Morgan fingerprint density at radius 1 is 0.760 bits per heavy atom. The largest absolute Gasteiger partial charge is 0.494 e. The molecule has 0 amide bonds. The minimum Gasteiger partial charge on any atom is -0.494 e. The number of aromatic nitrogens is 1. The molecule has 0 atom stereocenters. The average Bonchev–Trinajstić information content (AvgIpc) is 2.99. The minimum atomic E-state index is -0.115. The van der Waals surface area contributed by atoms with Gasteiger partial charge in [0.1, 0.15) is 0 Å². The highest BCUT2D eigenvalue weighted by Gasteiger charge is 2.13. The van der Waals surface area contributed by atoms with Crippen LogP contribution in [0.4, 0.5) is 0 Å². The molecule has 3 aromatic carbocycles. The molecule has 2 N–H and O–H groups in total. The Balaban J connectivity index is 1.78. The van der Waals surface area contributed by atoms with E-state index in [1.165, 1.54) is 0 Å². The van der Waals surface area contributed by atoms with Gasteiger partial charge in [-0.15, -0.1) is 0 Å². The smallest absolute Gasteiger partial charge is 0.198 e. The number of hydrogen-bond donors (Lipinski definition) is 2. The third-order valence-electron chi connectivity index (χ3n) is 4.31. The van der Waals surface area contributed by atoms with Gasteiger partial charge < -0.3 is 10.1 Å². The summed E-state index contributed by atoms with van der Waals surface area (Å²) in [5.41, 5.74) is 3.85. The molecule has 0 saturated heterocycles. The maximum absolute atomic E-state index is 10.2. The van der Waals surface area contributed by atoms with Crippen LogP contribution in [0, 0.1) is 0 Å². The number of hydrogen-bond acceptors (Lipinski definition) is 2. The first kappa shape index (κ1) is 15.2. The van der Waals surface area contributed by atoms with E-state index >= 15 is 0 Å². The van der Waals surface area contributed by atoms with Crippen molar-refractivity contribution in [1.82, 2.24) is 4.98 Å². The first-order valence-electron chi connectivity index (χ1n) is 8.25. The molecular formula is C22H18N2O. The monoisotopic (exact) mass is 326 g/mol. The fourth-order valence-electron chi connectivity index (χ4n) is 3.06. The van der Waals surface area contributed by atoms with Crippen molar-refractivity contribution in [3.8, 4) is 5.88 Å². The van der Waals surface area contributed by atoms with Gasteiger partial charge in [-0.3, -0.25) is 4.99 Å². The van der Waals surface area contributed by atoms with E-state index in [0.717, 1.165) is 22.0 Å². The molecule has 4 aromatic rings. The molecule has 0 bridgehead atoms. The van der Waals surface area contributed by atoms with Gasteiger partial charge in [-0.05, 0) is 17.2 Å². The van der Waals surface area contributed by atoms with Crippen molar-refractivity contribution < 1.29 is 5.11 Å². The van der Waals surface area contributed by atoms with Gasteiger partial charge in [0.2, 0.25) is 0 Å². The fourth-order valence-corrected chi connectivity index (χ4v) is 3.06. The van der Waals surface area contributed by atoms with Crippen LogP contribution in [0.2, 0.25) is 0 Å². The van der Waals surface area contributed by atoms with Gasteiger partial charge in [0.15, 0.2) is 5.88 Å².